The molecule has 0 unspecified atom stereocenters. The van der Waals surface area contributed by atoms with Gasteiger partial charge in [0, 0.05) is 12.2 Å². The van der Waals surface area contributed by atoms with Crippen LogP contribution in [0.3, 0.4) is 0 Å². The highest BCUT2D eigenvalue weighted by Gasteiger charge is 2.00. The van der Waals surface area contributed by atoms with Crippen LogP contribution in [0.15, 0.2) is 30.9 Å². The molecule has 1 aromatic carbocycles. The molecule has 0 heterocycles. The Morgan fingerprint density at radius 1 is 1.11 bits per heavy atom. The smallest absolute Gasteiger partial charge is 0.189 e. The first-order valence-corrected chi connectivity index (χ1v) is 6.63. The molecule has 0 fully saturated rings. The number of nitrogens with one attached hydrogen (secondary N) is 4. The van der Waals surface area contributed by atoms with E-state index in [9.17, 15) is 0 Å². The average molecular weight is 294 g/mol. The zero-order valence-corrected chi connectivity index (χ0v) is 12.7. The van der Waals surface area contributed by atoms with Crippen LogP contribution in [0.2, 0.25) is 0 Å². The molecule has 102 valence electrons. The number of hydrogen-bond donors (Lipinski definition) is 4. The molecule has 4 N–H and O–H groups in total. The van der Waals surface area contributed by atoms with Crippen LogP contribution >= 0.6 is 24.4 Å². The Bertz CT molecular complexity index is 465. The summed E-state index contributed by atoms with van der Waals surface area (Å²) < 4.78 is 0. The Hall–Kier alpha value is -1.66. The lowest BCUT2D eigenvalue weighted by Gasteiger charge is -2.14. The van der Waals surface area contributed by atoms with Crippen molar-refractivity contribution in [2.24, 2.45) is 0 Å². The second-order valence-corrected chi connectivity index (χ2v) is 4.90. The predicted molar refractivity (Wildman–Crippen MR) is 89.2 cm³/mol. The van der Waals surface area contributed by atoms with Crippen molar-refractivity contribution in [3.8, 4) is 0 Å². The average Bonchev–Trinajstić information content (AvgIpc) is 2.32. The van der Waals surface area contributed by atoms with Gasteiger partial charge in [-0.15, -0.1) is 6.58 Å². The predicted octanol–water partition coefficient (Wildman–Crippen LogP) is 2.15. The van der Waals surface area contributed by atoms with Crippen LogP contribution in [-0.2, 0) is 0 Å². The van der Waals surface area contributed by atoms with E-state index in [1.54, 1.807) is 6.08 Å². The maximum Gasteiger partial charge on any atom is 0.189 e. The van der Waals surface area contributed by atoms with Gasteiger partial charge < -0.3 is 10.6 Å². The fourth-order valence-corrected chi connectivity index (χ4v) is 1.84. The fraction of sp³-hybridized carbons (Fsp3) is 0.231. The second kappa shape index (κ2) is 7.70. The maximum atomic E-state index is 5.16. The lowest BCUT2D eigenvalue weighted by Crippen LogP contribution is -2.48. The third-order valence-corrected chi connectivity index (χ3v) is 2.63. The van der Waals surface area contributed by atoms with E-state index >= 15 is 0 Å². The summed E-state index contributed by atoms with van der Waals surface area (Å²) in [6.07, 6.45) is 1.72. The lowest BCUT2D eigenvalue weighted by molar-refractivity contribution is 0.839. The van der Waals surface area contributed by atoms with Gasteiger partial charge in [-0.3, -0.25) is 10.9 Å². The molecule has 0 spiro atoms. The van der Waals surface area contributed by atoms with Crippen LogP contribution in [-0.4, -0.2) is 16.8 Å². The summed E-state index contributed by atoms with van der Waals surface area (Å²) in [6.45, 7) is 8.28. The molecule has 0 aliphatic heterocycles. The van der Waals surface area contributed by atoms with Gasteiger partial charge in [0.1, 0.15) is 0 Å². The van der Waals surface area contributed by atoms with E-state index in [1.165, 1.54) is 11.1 Å². The monoisotopic (exact) mass is 294 g/mol. The maximum absolute atomic E-state index is 5.16. The van der Waals surface area contributed by atoms with E-state index < -0.39 is 0 Å². The lowest BCUT2D eigenvalue weighted by atomic mass is 10.1. The van der Waals surface area contributed by atoms with Gasteiger partial charge in [-0.1, -0.05) is 12.1 Å². The number of aryl methyl sites for hydroxylation is 2. The summed E-state index contributed by atoms with van der Waals surface area (Å²) in [4.78, 5) is 0. The highest BCUT2D eigenvalue weighted by atomic mass is 32.1. The largest absolute Gasteiger partial charge is 0.358 e. The van der Waals surface area contributed by atoms with Crippen molar-refractivity contribution < 1.29 is 0 Å². The topological polar surface area (TPSA) is 48.1 Å². The zero-order valence-electron chi connectivity index (χ0n) is 11.0. The summed E-state index contributed by atoms with van der Waals surface area (Å²) in [5, 5.41) is 6.92. The Balaban J connectivity index is 2.42. The van der Waals surface area contributed by atoms with Gasteiger partial charge in [0.05, 0.1) is 0 Å². The third kappa shape index (κ3) is 6.17. The molecule has 6 heteroatoms. The number of thiocarbonyl (C=S) groups is 2. The summed E-state index contributed by atoms with van der Waals surface area (Å²) in [7, 11) is 0. The van der Waals surface area contributed by atoms with Crippen molar-refractivity contribution in [2.45, 2.75) is 13.8 Å². The minimum Gasteiger partial charge on any atom is -0.358 e. The first-order valence-electron chi connectivity index (χ1n) is 5.81. The molecule has 0 saturated heterocycles. The normalized spacial score (nSPS) is 9.37. The van der Waals surface area contributed by atoms with Gasteiger partial charge in [0.25, 0.3) is 0 Å². The molecule has 4 nitrogen and oxygen atoms in total. The van der Waals surface area contributed by atoms with Crippen LogP contribution in [0, 0.1) is 13.8 Å². The Labute approximate surface area is 124 Å². The molecule has 0 radical (unpaired) electrons. The Kier molecular flexibility index (Phi) is 6.24. The number of hydrogen-bond acceptors (Lipinski definition) is 2. The third-order valence-electron chi connectivity index (χ3n) is 2.18. The SMILES string of the molecule is C=CCNC(=S)NNC(=S)Nc1cc(C)cc(C)c1. The van der Waals surface area contributed by atoms with Crippen molar-refractivity contribution in [1.29, 1.82) is 0 Å². The van der Waals surface area contributed by atoms with Crippen molar-refractivity contribution in [1.82, 2.24) is 16.2 Å². The number of hydrazine groups is 1. The van der Waals surface area contributed by atoms with Gasteiger partial charge in [0.15, 0.2) is 10.2 Å². The molecule has 1 aromatic rings. The molecule has 0 bridgehead atoms. The van der Waals surface area contributed by atoms with E-state index in [2.05, 4.69) is 34.1 Å². The summed E-state index contributed by atoms with van der Waals surface area (Å²) in [6, 6.07) is 6.15. The minimum atomic E-state index is 0.452. The summed E-state index contributed by atoms with van der Waals surface area (Å²) in [5.74, 6) is 0. The molecular weight excluding hydrogens is 276 g/mol. The molecule has 0 amide bonds. The minimum absolute atomic E-state index is 0.452. The molecule has 0 aromatic heterocycles. The van der Waals surface area contributed by atoms with Crippen molar-refractivity contribution in [3.05, 3.63) is 42.0 Å². The first-order chi connectivity index (χ1) is 9.01. The summed E-state index contributed by atoms with van der Waals surface area (Å²) >= 11 is 10.2. The molecule has 1 rings (SSSR count). The molecule has 19 heavy (non-hydrogen) atoms. The van der Waals surface area contributed by atoms with E-state index in [0.717, 1.165) is 5.69 Å². The van der Waals surface area contributed by atoms with E-state index in [0.29, 0.717) is 16.8 Å². The van der Waals surface area contributed by atoms with Gasteiger partial charge >= 0.3 is 0 Å². The Morgan fingerprint density at radius 2 is 1.68 bits per heavy atom. The molecule has 0 atom stereocenters. The van der Waals surface area contributed by atoms with Gasteiger partial charge in [-0.25, -0.2) is 0 Å². The fourth-order valence-electron chi connectivity index (χ4n) is 1.53. The van der Waals surface area contributed by atoms with Crippen molar-refractivity contribution >= 4 is 40.3 Å². The van der Waals surface area contributed by atoms with Crippen molar-refractivity contribution in [2.75, 3.05) is 11.9 Å². The number of benzene rings is 1. The number of anilines is 1. The first kappa shape index (κ1) is 15.4. The van der Waals surface area contributed by atoms with Gasteiger partial charge in [-0.05, 0) is 61.5 Å². The van der Waals surface area contributed by atoms with Crippen LogP contribution < -0.4 is 21.5 Å². The van der Waals surface area contributed by atoms with Gasteiger partial charge in [0.2, 0.25) is 0 Å². The zero-order chi connectivity index (χ0) is 14.3. The highest BCUT2D eigenvalue weighted by Crippen LogP contribution is 2.13. The standard InChI is InChI=1S/C13H18N4S2/c1-4-5-14-12(18)16-17-13(19)15-11-7-9(2)6-10(3)8-11/h4,6-8H,1,5H2,2-3H3,(H2,14,16,18)(H2,15,17,19). The molecule has 0 aliphatic rings. The van der Waals surface area contributed by atoms with E-state index in [1.807, 2.05) is 26.0 Å². The van der Waals surface area contributed by atoms with Crippen LogP contribution in [0.5, 0.6) is 0 Å². The van der Waals surface area contributed by atoms with Crippen LogP contribution in [0.1, 0.15) is 11.1 Å². The van der Waals surface area contributed by atoms with E-state index in [-0.39, 0.29) is 0 Å². The van der Waals surface area contributed by atoms with Gasteiger partial charge in [-0.2, -0.15) is 0 Å². The second-order valence-electron chi connectivity index (χ2n) is 4.08. The van der Waals surface area contributed by atoms with Crippen LogP contribution in [0.25, 0.3) is 0 Å². The Morgan fingerprint density at radius 3 is 2.26 bits per heavy atom. The quantitative estimate of drug-likeness (QED) is 0.389. The van der Waals surface area contributed by atoms with Crippen LogP contribution in [0.4, 0.5) is 5.69 Å². The summed E-state index contributed by atoms with van der Waals surface area (Å²) in [5.41, 5.74) is 8.91. The number of rotatable bonds is 3. The molecule has 0 aliphatic carbocycles. The molecular formula is C13H18N4S2. The molecule has 0 saturated carbocycles. The van der Waals surface area contributed by atoms with Crippen molar-refractivity contribution in [3.63, 3.8) is 0 Å². The highest BCUT2D eigenvalue weighted by molar-refractivity contribution is 7.80. The van der Waals surface area contributed by atoms with E-state index in [4.69, 9.17) is 24.4 Å².